The monoisotopic (exact) mass is 289 g/mol. The number of rotatable bonds is 5. The molecule has 4 heteroatoms. The summed E-state index contributed by atoms with van der Waals surface area (Å²) in [5.41, 5.74) is 8.40. The van der Waals surface area contributed by atoms with Crippen molar-refractivity contribution in [3.8, 4) is 0 Å². The van der Waals surface area contributed by atoms with Gasteiger partial charge in [0.15, 0.2) is 0 Å². The van der Waals surface area contributed by atoms with Gasteiger partial charge >= 0.3 is 0 Å². The molecule has 1 saturated heterocycles. The molecule has 2 rings (SSSR count). The number of benzene rings is 1. The van der Waals surface area contributed by atoms with Crippen LogP contribution >= 0.6 is 0 Å². The first-order valence-corrected chi connectivity index (χ1v) is 7.86. The Morgan fingerprint density at radius 3 is 2.67 bits per heavy atom. The maximum atomic E-state index is 11.7. The van der Waals surface area contributed by atoms with Crippen molar-refractivity contribution < 1.29 is 4.79 Å². The highest BCUT2D eigenvalue weighted by atomic mass is 16.1. The van der Waals surface area contributed by atoms with Gasteiger partial charge in [-0.3, -0.25) is 9.69 Å². The minimum absolute atomic E-state index is 0.0638. The van der Waals surface area contributed by atoms with E-state index in [1.807, 2.05) is 6.92 Å². The van der Waals surface area contributed by atoms with E-state index < -0.39 is 0 Å². The largest absolute Gasteiger partial charge is 0.353 e. The molecule has 1 aromatic rings. The number of nitrogens with one attached hydrogen (secondary N) is 1. The smallest absolute Gasteiger partial charge is 0.221 e. The van der Waals surface area contributed by atoms with Gasteiger partial charge in [-0.15, -0.1) is 0 Å². The van der Waals surface area contributed by atoms with Gasteiger partial charge in [-0.2, -0.15) is 0 Å². The molecule has 1 unspecified atom stereocenters. The highest BCUT2D eigenvalue weighted by Crippen LogP contribution is 2.16. The summed E-state index contributed by atoms with van der Waals surface area (Å²) in [7, 11) is 0. The molecule has 0 spiro atoms. The van der Waals surface area contributed by atoms with Crippen LogP contribution in [0.1, 0.15) is 37.3 Å². The van der Waals surface area contributed by atoms with E-state index in [0.29, 0.717) is 12.5 Å². The Hall–Kier alpha value is -1.39. The van der Waals surface area contributed by atoms with Crippen molar-refractivity contribution in [2.75, 3.05) is 13.1 Å². The van der Waals surface area contributed by atoms with E-state index in [1.165, 1.54) is 11.1 Å². The van der Waals surface area contributed by atoms with Crippen molar-refractivity contribution in [1.29, 1.82) is 0 Å². The fraction of sp³-hybridized carbons (Fsp3) is 0.588. The molecule has 1 aromatic carbocycles. The predicted molar refractivity (Wildman–Crippen MR) is 85.9 cm³/mol. The van der Waals surface area contributed by atoms with E-state index >= 15 is 0 Å². The van der Waals surface area contributed by atoms with Crippen LogP contribution in [0.3, 0.4) is 0 Å². The number of hydrogen-bond donors (Lipinski definition) is 2. The molecule has 1 amide bonds. The highest BCUT2D eigenvalue weighted by Gasteiger charge is 2.21. The number of nitrogens with two attached hydrogens (primary N) is 1. The summed E-state index contributed by atoms with van der Waals surface area (Å²) in [6.07, 6.45) is 2.47. The molecule has 3 N–H and O–H groups in total. The Kier molecular flexibility index (Phi) is 5.76. The van der Waals surface area contributed by atoms with Crippen molar-refractivity contribution in [3.05, 3.63) is 35.4 Å². The molecule has 1 heterocycles. The lowest BCUT2D eigenvalue weighted by Crippen LogP contribution is -2.45. The van der Waals surface area contributed by atoms with E-state index in [1.54, 1.807) is 0 Å². The molecule has 1 aliphatic heterocycles. The van der Waals surface area contributed by atoms with Crippen molar-refractivity contribution in [3.63, 3.8) is 0 Å². The topological polar surface area (TPSA) is 58.4 Å². The summed E-state index contributed by atoms with van der Waals surface area (Å²) in [5.74, 6) is 0.0855. The molecule has 0 aromatic heterocycles. The number of amides is 1. The van der Waals surface area contributed by atoms with Crippen LogP contribution in [0.25, 0.3) is 0 Å². The van der Waals surface area contributed by atoms with Crippen molar-refractivity contribution >= 4 is 5.91 Å². The number of carbonyl (C=O) groups is 1. The second kappa shape index (κ2) is 7.57. The lowest BCUT2D eigenvalue weighted by Gasteiger charge is -2.32. The molecule has 0 bridgehead atoms. The van der Waals surface area contributed by atoms with Gasteiger partial charge in [0.1, 0.15) is 0 Å². The second-order valence-electron chi connectivity index (χ2n) is 6.23. The fourth-order valence-electron chi connectivity index (χ4n) is 2.84. The van der Waals surface area contributed by atoms with Gasteiger partial charge in [0.25, 0.3) is 0 Å². The van der Waals surface area contributed by atoms with Crippen molar-refractivity contribution in [1.82, 2.24) is 10.2 Å². The predicted octanol–water partition coefficient (Wildman–Crippen LogP) is 1.81. The standard InChI is InChI=1S/C17H27N3O/c1-13-5-3-4-6-15(13)12-20-9-7-16(8-10-20)19-17(21)11-14(2)18/h3-6,14,16H,7-12,18H2,1-2H3,(H,19,21). The van der Waals surface area contributed by atoms with E-state index in [9.17, 15) is 4.79 Å². The number of aryl methyl sites for hydroxylation is 1. The van der Waals surface area contributed by atoms with Crippen LogP contribution < -0.4 is 11.1 Å². The van der Waals surface area contributed by atoms with Gasteiger partial charge in [0, 0.05) is 38.1 Å². The van der Waals surface area contributed by atoms with Gasteiger partial charge in [-0.05, 0) is 37.8 Å². The lowest BCUT2D eigenvalue weighted by molar-refractivity contribution is -0.122. The molecule has 1 fully saturated rings. The first-order valence-electron chi connectivity index (χ1n) is 7.86. The molecular formula is C17H27N3O. The van der Waals surface area contributed by atoms with E-state index in [4.69, 9.17) is 5.73 Å². The van der Waals surface area contributed by atoms with Gasteiger partial charge in [-0.1, -0.05) is 24.3 Å². The Bertz CT molecular complexity index is 465. The summed E-state index contributed by atoms with van der Waals surface area (Å²) < 4.78 is 0. The van der Waals surface area contributed by atoms with E-state index in [-0.39, 0.29) is 11.9 Å². The lowest BCUT2D eigenvalue weighted by atomic mass is 10.0. The first kappa shape index (κ1) is 16.0. The maximum absolute atomic E-state index is 11.7. The third-order valence-corrected chi connectivity index (χ3v) is 4.12. The quantitative estimate of drug-likeness (QED) is 0.869. The van der Waals surface area contributed by atoms with E-state index in [2.05, 4.69) is 41.4 Å². The molecule has 21 heavy (non-hydrogen) atoms. The molecule has 0 radical (unpaired) electrons. The van der Waals surface area contributed by atoms with Gasteiger partial charge in [0.2, 0.25) is 5.91 Å². The summed E-state index contributed by atoms with van der Waals surface area (Å²) >= 11 is 0. The normalized spacial score (nSPS) is 18.4. The molecule has 116 valence electrons. The number of likely N-dealkylation sites (tertiary alicyclic amines) is 1. The summed E-state index contributed by atoms with van der Waals surface area (Å²) in [6.45, 7) is 7.11. The summed E-state index contributed by atoms with van der Waals surface area (Å²) in [5, 5.41) is 3.10. The average molecular weight is 289 g/mol. The maximum Gasteiger partial charge on any atom is 0.221 e. The first-order chi connectivity index (χ1) is 10.0. The fourth-order valence-corrected chi connectivity index (χ4v) is 2.84. The molecule has 1 aliphatic rings. The Morgan fingerprint density at radius 1 is 1.38 bits per heavy atom. The van der Waals surface area contributed by atoms with Crippen LogP contribution in [-0.4, -0.2) is 36.0 Å². The number of hydrogen-bond acceptors (Lipinski definition) is 3. The minimum atomic E-state index is -0.0638. The zero-order valence-electron chi connectivity index (χ0n) is 13.1. The Labute approximate surface area is 127 Å². The average Bonchev–Trinajstić information content (AvgIpc) is 2.42. The highest BCUT2D eigenvalue weighted by molar-refractivity contribution is 5.76. The summed E-state index contributed by atoms with van der Waals surface area (Å²) in [4.78, 5) is 14.2. The second-order valence-corrected chi connectivity index (χ2v) is 6.23. The Balaban J connectivity index is 1.76. The zero-order chi connectivity index (χ0) is 15.2. The van der Waals surface area contributed by atoms with Crippen LogP contribution in [0.15, 0.2) is 24.3 Å². The van der Waals surface area contributed by atoms with Crippen LogP contribution in [0.5, 0.6) is 0 Å². The van der Waals surface area contributed by atoms with Crippen molar-refractivity contribution in [2.45, 2.75) is 51.7 Å². The van der Waals surface area contributed by atoms with Crippen LogP contribution in [0.2, 0.25) is 0 Å². The minimum Gasteiger partial charge on any atom is -0.353 e. The van der Waals surface area contributed by atoms with Gasteiger partial charge in [-0.25, -0.2) is 0 Å². The third kappa shape index (κ3) is 5.14. The van der Waals surface area contributed by atoms with Crippen molar-refractivity contribution in [2.24, 2.45) is 5.73 Å². The number of nitrogens with zero attached hydrogens (tertiary/aromatic N) is 1. The van der Waals surface area contributed by atoms with Crippen LogP contribution in [0.4, 0.5) is 0 Å². The zero-order valence-corrected chi connectivity index (χ0v) is 13.1. The number of piperidine rings is 1. The van der Waals surface area contributed by atoms with Gasteiger partial charge in [0.05, 0.1) is 0 Å². The Morgan fingerprint density at radius 2 is 2.05 bits per heavy atom. The molecule has 0 saturated carbocycles. The van der Waals surface area contributed by atoms with E-state index in [0.717, 1.165) is 32.5 Å². The molecular weight excluding hydrogens is 262 g/mol. The SMILES string of the molecule is Cc1ccccc1CN1CCC(NC(=O)CC(C)N)CC1. The molecule has 1 atom stereocenters. The summed E-state index contributed by atoms with van der Waals surface area (Å²) in [6, 6.07) is 8.79. The van der Waals surface area contributed by atoms with Gasteiger partial charge < -0.3 is 11.1 Å². The number of carbonyl (C=O) groups excluding carboxylic acids is 1. The molecule has 0 aliphatic carbocycles. The third-order valence-electron chi connectivity index (χ3n) is 4.12. The van der Waals surface area contributed by atoms with Crippen LogP contribution in [0, 0.1) is 6.92 Å². The molecule has 4 nitrogen and oxygen atoms in total. The van der Waals surface area contributed by atoms with Crippen LogP contribution in [-0.2, 0) is 11.3 Å².